The lowest BCUT2D eigenvalue weighted by atomic mass is 10.1. The average molecular weight is 263 g/mol. The number of alkyl halides is 1. The van der Waals surface area contributed by atoms with Crippen LogP contribution < -0.4 is 16.0 Å². The summed E-state index contributed by atoms with van der Waals surface area (Å²) in [7, 11) is 1.75. The molecule has 0 aliphatic carbocycles. The second kappa shape index (κ2) is 6.31. The Balaban J connectivity index is 2.05. The smallest absolute Gasteiger partial charge is 0.136 e. The standard InChI is InChI=1S/C11H23ClN4O/c1-8(7-17-2)16-5-3-4-13-9-6-14-11(12)15-10(9)16/h8-11,13-15H,3-7H2,1-2H3. The molecule has 2 heterocycles. The average Bonchev–Trinajstić information content (AvgIpc) is 2.51. The van der Waals surface area contributed by atoms with Crippen LogP contribution in [0.4, 0.5) is 0 Å². The molecule has 2 aliphatic rings. The quantitative estimate of drug-likeness (QED) is 0.483. The van der Waals surface area contributed by atoms with E-state index in [4.69, 9.17) is 16.3 Å². The van der Waals surface area contributed by atoms with E-state index >= 15 is 0 Å². The summed E-state index contributed by atoms with van der Waals surface area (Å²) in [6.07, 6.45) is 1.45. The van der Waals surface area contributed by atoms with E-state index in [1.54, 1.807) is 7.11 Å². The van der Waals surface area contributed by atoms with E-state index in [-0.39, 0.29) is 11.8 Å². The number of nitrogens with one attached hydrogen (secondary N) is 3. The highest BCUT2D eigenvalue weighted by Gasteiger charge is 2.36. The molecule has 3 N–H and O–H groups in total. The van der Waals surface area contributed by atoms with Crippen LogP contribution in [0.2, 0.25) is 0 Å². The molecule has 2 aliphatic heterocycles. The molecule has 0 bridgehead atoms. The lowest BCUT2D eigenvalue weighted by Crippen LogP contribution is -2.69. The van der Waals surface area contributed by atoms with Crippen LogP contribution >= 0.6 is 11.6 Å². The van der Waals surface area contributed by atoms with Crippen LogP contribution in [-0.2, 0) is 4.74 Å². The molecule has 2 rings (SSSR count). The molecule has 0 saturated carbocycles. The van der Waals surface area contributed by atoms with E-state index in [2.05, 4.69) is 27.8 Å². The zero-order valence-electron chi connectivity index (χ0n) is 10.6. The van der Waals surface area contributed by atoms with Crippen molar-refractivity contribution in [2.45, 2.75) is 37.2 Å². The molecule has 0 aromatic heterocycles. The van der Waals surface area contributed by atoms with Crippen molar-refractivity contribution in [1.82, 2.24) is 20.9 Å². The van der Waals surface area contributed by atoms with Gasteiger partial charge in [-0.15, -0.1) is 0 Å². The summed E-state index contributed by atoms with van der Waals surface area (Å²) < 4.78 is 5.27. The van der Waals surface area contributed by atoms with Gasteiger partial charge < -0.3 is 10.1 Å². The fourth-order valence-electron chi connectivity index (χ4n) is 2.70. The molecule has 0 radical (unpaired) electrons. The Morgan fingerprint density at radius 1 is 1.47 bits per heavy atom. The minimum atomic E-state index is -0.145. The highest BCUT2D eigenvalue weighted by molar-refractivity contribution is 6.20. The summed E-state index contributed by atoms with van der Waals surface area (Å²) >= 11 is 6.13. The zero-order chi connectivity index (χ0) is 12.3. The highest BCUT2D eigenvalue weighted by atomic mass is 35.5. The number of halogens is 1. The predicted octanol–water partition coefficient (Wildman–Crippen LogP) is -0.273. The first-order valence-corrected chi connectivity index (χ1v) is 6.77. The molecule has 100 valence electrons. The molecule has 17 heavy (non-hydrogen) atoms. The van der Waals surface area contributed by atoms with E-state index in [1.165, 1.54) is 0 Å². The molecule has 6 heteroatoms. The van der Waals surface area contributed by atoms with Gasteiger partial charge in [0.05, 0.1) is 12.8 Å². The van der Waals surface area contributed by atoms with Crippen LogP contribution in [0, 0.1) is 0 Å². The summed E-state index contributed by atoms with van der Waals surface area (Å²) in [5.41, 5.74) is -0.145. The van der Waals surface area contributed by atoms with Gasteiger partial charge in [0.25, 0.3) is 0 Å². The van der Waals surface area contributed by atoms with Gasteiger partial charge in [0, 0.05) is 32.3 Å². The SMILES string of the molecule is COCC(C)N1CCCNC2CNC(Cl)NC21. The van der Waals surface area contributed by atoms with Crippen molar-refractivity contribution in [1.29, 1.82) is 0 Å². The summed E-state index contributed by atoms with van der Waals surface area (Å²) in [5.74, 6) is 0. The Hall–Kier alpha value is 0.0900. The Labute approximate surface area is 108 Å². The highest BCUT2D eigenvalue weighted by Crippen LogP contribution is 2.15. The number of rotatable bonds is 3. The molecular formula is C11H23ClN4O. The Kier molecular flexibility index (Phi) is 5.02. The maximum atomic E-state index is 6.13. The minimum absolute atomic E-state index is 0.145. The summed E-state index contributed by atoms with van der Waals surface area (Å²) in [4.78, 5) is 2.46. The van der Waals surface area contributed by atoms with Crippen molar-refractivity contribution in [3.63, 3.8) is 0 Å². The number of hydrogen-bond acceptors (Lipinski definition) is 5. The number of ether oxygens (including phenoxy) is 1. The summed E-state index contributed by atoms with van der Waals surface area (Å²) in [5, 5.41) is 10.2. The number of methoxy groups -OCH3 is 1. The Morgan fingerprint density at radius 2 is 2.29 bits per heavy atom. The summed E-state index contributed by atoms with van der Waals surface area (Å²) in [6, 6.07) is 0.814. The molecule has 5 nitrogen and oxygen atoms in total. The predicted molar refractivity (Wildman–Crippen MR) is 69.0 cm³/mol. The van der Waals surface area contributed by atoms with Crippen molar-refractivity contribution in [3.05, 3.63) is 0 Å². The lowest BCUT2D eigenvalue weighted by molar-refractivity contribution is 0.0373. The van der Waals surface area contributed by atoms with Crippen LogP contribution in [0.5, 0.6) is 0 Å². The van der Waals surface area contributed by atoms with E-state index in [0.717, 1.165) is 32.7 Å². The molecule has 2 saturated heterocycles. The first-order chi connectivity index (χ1) is 8.22. The normalized spacial score (nSPS) is 37.2. The van der Waals surface area contributed by atoms with Gasteiger partial charge in [-0.1, -0.05) is 11.6 Å². The van der Waals surface area contributed by atoms with Gasteiger partial charge in [-0.3, -0.25) is 15.5 Å². The van der Waals surface area contributed by atoms with Crippen molar-refractivity contribution in [2.24, 2.45) is 0 Å². The monoisotopic (exact) mass is 262 g/mol. The first kappa shape index (κ1) is 13.5. The van der Waals surface area contributed by atoms with Gasteiger partial charge in [-0.2, -0.15) is 0 Å². The maximum absolute atomic E-state index is 6.13. The Bertz CT molecular complexity index is 244. The molecule has 4 unspecified atom stereocenters. The fraction of sp³-hybridized carbons (Fsp3) is 1.00. The molecule has 2 fully saturated rings. The molecule has 0 spiro atoms. The minimum Gasteiger partial charge on any atom is -0.383 e. The topological polar surface area (TPSA) is 48.6 Å². The van der Waals surface area contributed by atoms with Crippen LogP contribution in [0.15, 0.2) is 0 Å². The van der Waals surface area contributed by atoms with Crippen molar-refractivity contribution < 1.29 is 4.74 Å². The molecular weight excluding hydrogens is 240 g/mol. The Morgan fingerprint density at radius 3 is 3.06 bits per heavy atom. The third-order valence-corrected chi connectivity index (χ3v) is 3.83. The second-order valence-corrected chi connectivity index (χ2v) is 5.28. The summed E-state index contributed by atoms with van der Waals surface area (Å²) in [6.45, 7) is 6.01. The first-order valence-electron chi connectivity index (χ1n) is 6.34. The largest absolute Gasteiger partial charge is 0.383 e. The van der Waals surface area contributed by atoms with Crippen LogP contribution in [0.3, 0.4) is 0 Å². The van der Waals surface area contributed by atoms with Crippen molar-refractivity contribution in [3.8, 4) is 0 Å². The fourth-order valence-corrected chi connectivity index (χ4v) is 2.92. The van der Waals surface area contributed by atoms with Gasteiger partial charge >= 0.3 is 0 Å². The third-order valence-electron chi connectivity index (χ3n) is 3.55. The molecule has 4 atom stereocenters. The lowest BCUT2D eigenvalue weighted by Gasteiger charge is -2.43. The molecule has 0 aromatic carbocycles. The third kappa shape index (κ3) is 3.30. The van der Waals surface area contributed by atoms with Crippen LogP contribution in [0.25, 0.3) is 0 Å². The zero-order valence-corrected chi connectivity index (χ0v) is 11.3. The second-order valence-electron chi connectivity index (χ2n) is 4.84. The van der Waals surface area contributed by atoms with Gasteiger partial charge in [0.15, 0.2) is 0 Å². The molecule has 0 amide bonds. The van der Waals surface area contributed by atoms with Crippen LogP contribution in [-0.4, -0.2) is 62.1 Å². The van der Waals surface area contributed by atoms with Crippen molar-refractivity contribution in [2.75, 3.05) is 33.4 Å². The van der Waals surface area contributed by atoms with E-state index < -0.39 is 0 Å². The van der Waals surface area contributed by atoms with E-state index in [0.29, 0.717) is 12.1 Å². The van der Waals surface area contributed by atoms with E-state index in [9.17, 15) is 0 Å². The number of nitrogens with zero attached hydrogens (tertiary/aromatic N) is 1. The number of hydrogen-bond donors (Lipinski definition) is 3. The van der Waals surface area contributed by atoms with Gasteiger partial charge in [-0.05, 0) is 19.9 Å². The van der Waals surface area contributed by atoms with Gasteiger partial charge in [-0.25, -0.2) is 0 Å². The van der Waals surface area contributed by atoms with Crippen molar-refractivity contribution >= 4 is 11.6 Å². The number of fused-ring (bicyclic) bond motifs is 1. The van der Waals surface area contributed by atoms with Crippen LogP contribution in [0.1, 0.15) is 13.3 Å². The van der Waals surface area contributed by atoms with E-state index in [1.807, 2.05) is 0 Å². The van der Waals surface area contributed by atoms with Gasteiger partial charge in [0.1, 0.15) is 5.62 Å². The van der Waals surface area contributed by atoms with Gasteiger partial charge in [0.2, 0.25) is 0 Å². The molecule has 0 aromatic rings. The maximum Gasteiger partial charge on any atom is 0.136 e.